The lowest BCUT2D eigenvalue weighted by atomic mass is 9.89. The molecule has 3 nitrogen and oxygen atoms in total. The Balaban J connectivity index is 2.13. The normalized spacial score (nSPS) is 11.7. The van der Waals surface area contributed by atoms with Crippen molar-refractivity contribution < 1.29 is 4.42 Å². The molecule has 0 fully saturated rings. The Hall–Kier alpha value is -1.27. The van der Waals surface area contributed by atoms with Crippen LogP contribution in [0.2, 0.25) is 0 Å². The number of furan rings is 1. The molecule has 0 aliphatic heterocycles. The fraction of sp³-hybridized carbons (Fsp3) is 0.643. The Morgan fingerprint density at radius 2 is 2.18 bits per heavy atom. The van der Waals surface area contributed by atoms with Crippen LogP contribution in [0, 0.1) is 16.7 Å². The summed E-state index contributed by atoms with van der Waals surface area (Å²) in [5.74, 6) is 0. The molecule has 0 unspecified atom stereocenters. The summed E-state index contributed by atoms with van der Waals surface area (Å²) in [6.45, 7) is 6.00. The highest BCUT2D eigenvalue weighted by Gasteiger charge is 2.15. The van der Waals surface area contributed by atoms with Crippen LogP contribution in [0.1, 0.15) is 38.7 Å². The van der Waals surface area contributed by atoms with E-state index >= 15 is 0 Å². The number of rotatable bonds is 7. The van der Waals surface area contributed by atoms with Gasteiger partial charge in [-0.1, -0.05) is 6.42 Å². The van der Waals surface area contributed by atoms with Crippen molar-refractivity contribution in [1.82, 2.24) is 4.90 Å². The van der Waals surface area contributed by atoms with E-state index in [1.807, 2.05) is 19.9 Å². The summed E-state index contributed by atoms with van der Waals surface area (Å²) in [6.07, 6.45) is 6.71. The molecule has 0 amide bonds. The van der Waals surface area contributed by atoms with Crippen molar-refractivity contribution in [3.63, 3.8) is 0 Å². The van der Waals surface area contributed by atoms with E-state index in [-0.39, 0.29) is 5.41 Å². The summed E-state index contributed by atoms with van der Waals surface area (Å²) < 4.78 is 5.04. The first-order valence-electron chi connectivity index (χ1n) is 6.14. The van der Waals surface area contributed by atoms with Crippen LogP contribution in [0.4, 0.5) is 0 Å². The molecule has 1 aromatic rings. The smallest absolute Gasteiger partial charge is 0.0947 e. The summed E-state index contributed by atoms with van der Waals surface area (Å²) in [5.41, 5.74) is 1.04. The molecule has 0 atom stereocenters. The van der Waals surface area contributed by atoms with E-state index in [0.717, 1.165) is 32.4 Å². The summed E-state index contributed by atoms with van der Waals surface area (Å²) in [4.78, 5) is 2.28. The van der Waals surface area contributed by atoms with Crippen molar-refractivity contribution in [2.75, 3.05) is 13.6 Å². The van der Waals surface area contributed by atoms with Crippen LogP contribution in [-0.2, 0) is 6.54 Å². The third kappa shape index (κ3) is 5.55. The van der Waals surface area contributed by atoms with Gasteiger partial charge in [0.05, 0.1) is 24.0 Å². The van der Waals surface area contributed by atoms with Crippen LogP contribution < -0.4 is 0 Å². The first-order valence-corrected chi connectivity index (χ1v) is 6.14. The molecule has 0 N–H and O–H groups in total. The predicted octanol–water partition coefficient (Wildman–Crippen LogP) is 3.43. The highest BCUT2D eigenvalue weighted by Crippen LogP contribution is 2.21. The SMILES string of the molecule is CN(CCCCC(C)(C)C#N)Cc1ccoc1. The monoisotopic (exact) mass is 234 g/mol. The number of hydrogen-bond donors (Lipinski definition) is 0. The van der Waals surface area contributed by atoms with Gasteiger partial charge in [-0.2, -0.15) is 5.26 Å². The summed E-state index contributed by atoms with van der Waals surface area (Å²) in [7, 11) is 2.11. The van der Waals surface area contributed by atoms with Gasteiger partial charge >= 0.3 is 0 Å². The van der Waals surface area contributed by atoms with Crippen molar-refractivity contribution in [3.05, 3.63) is 24.2 Å². The number of unbranched alkanes of at least 4 members (excludes halogenated alkanes) is 1. The van der Waals surface area contributed by atoms with Gasteiger partial charge in [0.2, 0.25) is 0 Å². The van der Waals surface area contributed by atoms with Crippen molar-refractivity contribution in [2.24, 2.45) is 5.41 Å². The van der Waals surface area contributed by atoms with E-state index in [9.17, 15) is 0 Å². The third-order valence-corrected chi connectivity index (χ3v) is 2.93. The Morgan fingerprint density at radius 1 is 1.41 bits per heavy atom. The van der Waals surface area contributed by atoms with Gasteiger partial charge in [0.25, 0.3) is 0 Å². The number of nitrogens with zero attached hydrogens (tertiary/aromatic N) is 2. The summed E-state index contributed by atoms with van der Waals surface area (Å²) >= 11 is 0. The minimum atomic E-state index is -0.177. The fourth-order valence-electron chi connectivity index (χ4n) is 1.78. The molecule has 1 rings (SSSR count). The maximum Gasteiger partial charge on any atom is 0.0947 e. The van der Waals surface area contributed by atoms with Crippen molar-refractivity contribution in [3.8, 4) is 6.07 Å². The lowest BCUT2D eigenvalue weighted by Gasteiger charge is -2.18. The molecule has 94 valence electrons. The second-order valence-corrected chi connectivity index (χ2v) is 5.32. The molecule has 0 aromatic carbocycles. The van der Waals surface area contributed by atoms with E-state index in [4.69, 9.17) is 9.68 Å². The average Bonchev–Trinajstić information content (AvgIpc) is 2.77. The zero-order valence-electron chi connectivity index (χ0n) is 11.1. The van der Waals surface area contributed by atoms with Gasteiger partial charge in [-0.25, -0.2) is 0 Å². The van der Waals surface area contributed by atoms with Gasteiger partial charge in [-0.3, -0.25) is 0 Å². The zero-order chi connectivity index (χ0) is 12.7. The summed E-state index contributed by atoms with van der Waals surface area (Å²) in [5, 5.41) is 8.90. The Kier molecular flexibility index (Phi) is 5.24. The second kappa shape index (κ2) is 6.46. The quantitative estimate of drug-likeness (QED) is 0.678. The molecule has 0 radical (unpaired) electrons. The zero-order valence-corrected chi connectivity index (χ0v) is 11.1. The molecule has 0 aliphatic rings. The molecule has 3 heteroatoms. The molecular formula is C14H22N2O. The van der Waals surface area contributed by atoms with Gasteiger partial charge in [0.1, 0.15) is 0 Å². The molecule has 1 aromatic heterocycles. The third-order valence-electron chi connectivity index (χ3n) is 2.93. The van der Waals surface area contributed by atoms with Crippen LogP contribution in [0.15, 0.2) is 23.0 Å². The van der Waals surface area contributed by atoms with Crippen molar-refractivity contribution in [1.29, 1.82) is 5.26 Å². The number of nitriles is 1. The largest absolute Gasteiger partial charge is 0.472 e. The minimum absolute atomic E-state index is 0.177. The molecule has 0 saturated heterocycles. The Bertz CT molecular complexity index is 349. The van der Waals surface area contributed by atoms with Crippen LogP contribution in [0.5, 0.6) is 0 Å². The highest BCUT2D eigenvalue weighted by molar-refractivity contribution is 5.04. The predicted molar refractivity (Wildman–Crippen MR) is 68.3 cm³/mol. The van der Waals surface area contributed by atoms with Crippen LogP contribution in [-0.4, -0.2) is 18.5 Å². The topological polar surface area (TPSA) is 40.2 Å². The van der Waals surface area contributed by atoms with Gasteiger partial charge in [-0.15, -0.1) is 0 Å². The Morgan fingerprint density at radius 3 is 2.76 bits per heavy atom. The van der Waals surface area contributed by atoms with E-state index in [1.54, 1.807) is 12.5 Å². The van der Waals surface area contributed by atoms with E-state index in [2.05, 4.69) is 18.0 Å². The van der Waals surface area contributed by atoms with Gasteiger partial charge in [0.15, 0.2) is 0 Å². The van der Waals surface area contributed by atoms with Gasteiger partial charge in [-0.05, 0) is 46.3 Å². The van der Waals surface area contributed by atoms with Crippen LogP contribution in [0.3, 0.4) is 0 Å². The first kappa shape index (κ1) is 13.8. The molecule has 0 bridgehead atoms. The minimum Gasteiger partial charge on any atom is -0.472 e. The lowest BCUT2D eigenvalue weighted by molar-refractivity contribution is 0.306. The van der Waals surface area contributed by atoms with Crippen molar-refractivity contribution in [2.45, 2.75) is 39.7 Å². The molecular weight excluding hydrogens is 212 g/mol. The van der Waals surface area contributed by atoms with Crippen LogP contribution >= 0.6 is 0 Å². The summed E-state index contributed by atoms with van der Waals surface area (Å²) in [6, 6.07) is 4.34. The molecule has 1 heterocycles. The maximum atomic E-state index is 8.90. The van der Waals surface area contributed by atoms with Crippen LogP contribution in [0.25, 0.3) is 0 Å². The highest BCUT2D eigenvalue weighted by atomic mass is 16.3. The first-order chi connectivity index (χ1) is 8.03. The van der Waals surface area contributed by atoms with E-state index < -0.39 is 0 Å². The van der Waals surface area contributed by atoms with E-state index in [0.29, 0.717) is 0 Å². The second-order valence-electron chi connectivity index (χ2n) is 5.32. The van der Waals surface area contributed by atoms with Gasteiger partial charge < -0.3 is 9.32 Å². The number of hydrogen-bond acceptors (Lipinski definition) is 3. The Labute approximate surface area is 104 Å². The maximum absolute atomic E-state index is 8.90. The van der Waals surface area contributed by atoms with Gasteiger partial charge in [0, 0.05) is 12.1 Å². The van der Waals surface area contributed by atoms with E-state index in [1.165, 1.54) is 5.56 Å². The molecule has 17 heavy (non-hydrogen) atoms. The average molecular weight is 234 g/mol. The molecule has 0 saturated carbocycles. The molecule has 0 spiro atoms. The standard InChI is InChI=1S/C14H22N2O/c1-14(2,12-15)7-4-5-8-16(3)10-13-6-9-17-11-13/h6,9,11H,4-5,7-8,10H2,1-3H3. The molecule has 0 aliphatic carbocycles. The lowest BCUT2D eigenvalue weighted by Crippen LogP contribution is -2.19. The fourth-order valence-corrected chi connectivity index (χ4v) is 1.78. The van der Waals surface area contributed by atoms with Crippen molar-refractivity contribution >= 4 is 0 Å².